The molecule has 2 aliphatic heterocycles. The second-order valence-corrected chi connectivity index (χ2v) is 12.2. The van der Waals surface area contributed by atoms with Crippen molar-refractivity contribution in [2.75, 3.05) is 0 Å². The summed E-state index contributed by atoms with van der Waals surface area (Å²) in [5.74, 6) is 0.904. The van der Waals surface area contributed by atoms with Crippen LogP contribution in [0.1, 0.15) is 13.3 Å². The van der Waals surface area contributed by atoms with Crippen molar-refractivity contribution in [3.63, 3.8) is 0 Å². The predicted molar refractivity (Wildman–Crippen MR) is 91.1 cm³/mol. The van der Waals surface area contributed by atoms with Gasteiger partial charge in [0.2, 0.25) is 0 Å². The zero-order valence-electron chi connectivity index (χ0n) is 11.2. The Balaban J connectivity index is 2.12. The molecule has 3 unspecified atom stereocenters. The molecule has 0 saturated carbocycles. The Morgan fingerprint density at radius 3 is 2.45 bits per heavy atom. The van der Waals surface area contributed by atoms with Crippen molar-refractivity contribution in [1.82, 2.24) is 5.32 Å². The third-order valence-electron chi connectivity index (χ3n) is 2.79. The van der Waals surface area contributed by atoms with Gasteiger partial charge in [0.1, 0.15) is 0 Å². The van der Waals surface area contributed by atoms with Gasteiger partial charge in [-0.3, -0.25) is 0 Å². The topological polar surface area (TPSA) is 33.6 Å². The van der Waals surface area contributed by atoms with E-state index in [1.54, 1.807) is 0 Å². The summed E-state index contributed by atoms with van der Waals surface area (Å²) in [7, 11) is 0. The van der Waals surface area contributed by atoms with Crippen LogP contribution >= 0.6 is 69.6 Å². The van der Waals surface area contributed by atoms with Crippen LogP contribution in [0.5, 0.6) is 0 Å². The minimum atomic E-state index is -1.59. The molecule has 0 amide bonds. The van der Waals surface area contributed by atoms with Crippen molar-refractivity contribution in [2.45, 2.75) is 37.2 Å². The van der Waals surface area contributed by atoms with Gasteiger partial charge in [-0.15, -0.1) is 0 Å². The first-order chi connectivity index (χ1) is 10.1. The maximum atomic E-state index is 5.99. The Kier molecular flexibility index (Phi) is 6.92. The summed E-state index contributed by atoms with van der Waals surface area (Å²) < 4.78 is 2.57. The summed E-state index contributed by atoms with van der Waals surface area (Å²) >= 11 is 35.0. The number of hydrogen-bond acceptors (Lipinski definition) is 3. The van der Waals surface area contributed by atoms with E-state index >= 15 is 0 Å². The molecule has 0 aromatic carbocycles. The molecule has 126 valence electrons. The zero-order valence-corrected chi connectivity index (χ0v) is 17.9. The SMILES string of the molecule is CC1=CCC(/C=C\C2N=C(C(Cl)(Cl)Cl)[I-]C(C(Cl)(Cl)Cl)N2)O1. The van der Waals surface area contributed by atoms with Crippen LogP contribution in [0.4, 0.5) is 0 Å². The third kappa shape index (κ3) is 5.73. The van der Waals surface area contributed by atoms with Crippen LogP contribution in [0, 0.1) is 0 Å². The first-order valence-electron chi connectivity index (χ1n) is 6.18. The fourth-order valence-electron chi connectivity index (χ4n) is 1.83. The summed E-state index contributed by atoms with van der Waals surface area (Å²) in [4.78, 5) is 4.42. The molecule has 0 saturated heterocycles. The van der Waals surface area contributed by atoms with Gasteiger partial charge in [0.05, 0.1) is 0 Å². The Bertz CT molecular complexity index is 511. The minimum absolute atomic E-state index is 0.0175. The summed E-state index contributed by atoms with van der Waals surface area (Å²) in [5.41, 5.74) is 0. The summed E-state index contributed by atoms with van der Waals surface area (Å²) in [6, 6.07) is 0. The molecule has 2 heterocycles. The number of nitrogens with zero attached hydrogens (tertiary/aromatic N) is 1. The van der Waals surface area contributed by atoms with Crippen molar-refractivity contribution in [1.29, 1.82) is 0 Å². The third-order valence-corrected chi connectivity index (χ3v) is 9.63. The Morgan fingerprint density at radius 1 is 1.27 bits per heavy atom. The number of ether oxygens (including phenoxy) is 1. The molecule has 2 rings (SSSR count). The molecule has 2 aliphatic rings. The zero-order chi connectivity index (χ0) is 16.5. The molecule has 1 N–H and O–H groups in total. The number of aliphatic imine (C=N–C) groups is 1. The number of rotatable bonds is 2. The van der Waals surface area contributed by atoms with Gasteiger partial charge in [0.15, 0.2) is 0 Å². The van der Waals surface area contributed by atoms with E-state index in [0.29, 0.717) is 3.72 Å². The molecule has 0 bridgehead atoms. The van der Waals surface area contributed by atoms with Gasteiger partial charge in [0.25, 0.3) is 0 Å². The molecule has 0 radical (unpaired) electrons. The van der Waals surface area contributed by atoms with E-state index in [1.807, 2.05) is 25.2 Å². The van der Waals surface area contributed by atoms with Gasteiger partial charge >= 0.3 is 171 Å². The average Bonchev–Trinajstić information content (AvgIpc) is 2.80. The van der Waals surface area contributed by atoms with Crippen LogP contribution in [0.25, 0.3) is 0 Å². The van der Waals surface area contributed by atoms with E-state index in [9.17, 15) is 0 Å². The number of allylic oxidation sites excluding steroid dienone is 1. The van der Waals surface area contributed by atoms with Crippen molar-refractivity contribution < 1.29 is 25.9 Å². The van der Waals surface area contributed by atoms with Crippen LogP contribution < -0.4 is 26.5 Å². The first kappa shape index (κ1) is 19.7. The monoisotopic (exact) mass is 537 g/mol. The van der Waals surface area contributed by atoms with Crippen LogP contribution in [0.3, 0.4) is 0 Å². The van der Waals surface area contributed by atoms with Crippen molar-refractivity contribution >= 4 is 73.3 Å². The van der Waals surface area contributed by atoms with E-state index in [4.69, 9.17) is 74.3 Å². The van der Waals surface area contributed by atoms with E-state index < -0.39 is 39.0 Å². The summed E-state index contributed by atoms with van der Waals surface area (Å²) in [6.45, 7) is 1.91. The second-order valence-electron chi connectivity index (χ2n) is 4.63. The predicted octanol–water partition coefficient (Wildman–Crippen LogP) is 1.72. The van der Waals surface area contributed by atoms with Crippen LogP contribution in [-0.2, 0) is 4.74 Å². The molecule has 0 aliphatic carbocycles. The molecule has 3 nitrogen and oxygen atoms in total. The molecule has 3 atom stereocenters. The van der Waals surface area contributed by atoms with Gasteiger partial charge in [-0.25, -0.2) is 0 Å². The Morgan fingerprint density at radius 2 is 1.95 bits per heavy atom. The Labute approximate surface area is 169 Å². The van der Waals surface area contributed by atoms with Gasteiger partial charge < -0.3 is 0 Å². The quantitative estimate of drug-likeness (QED) is 0.251. The summed E-state index contributed by atoms with van der Waals surface area (Å²) in [6.07, 6.45) is 6.13. The van der Waals surface area contributed by atoms with E-state index in [0.717, 1.165) is 12.2 Å². The van der Waals surface area contributed by atoms with Crippen molar-refractivity contribution in [3.8, 4) is 0 Å². The molecule has 0 spiro atoms. The molecular weight excluding hydrogens is 528 g/mol. The fourth-order valence-corrected chi connectivity index (χ4v) is 6.13. The van der Waals surface area contributed by atoms with Crippen LogP contribution in [0.15, 0.2) is 29.0 Å². The average molecular weight is 540 g/mol. The first-order valence-corrected chi connectivity index (χ1v) is 10.8. The molecule has 0 aromatic rings. The van der Waals surface area contributed by atoms with Gasteiger partial charge in [-0.1, -0.05) is 0 Å². The van der Waals surface area contributed by atoms with Gasteiger partial charge in [0, 0.05) is 0 Å². The molecule has 10 heteroatoms. The molecule has 22 heavy (non-hydrogen) atoms. The van der Waals surface area contributed by atoms with Gasteiger partial charge in [-0.05, 0) is 0 Å². The molecule has 0 aromatic heterocycles. The standard InChI is InChI=1S/C12H12Cl6IN2O/c1-6-2-3-7(22-6)4-5-8-20-9(11(13,14)15)19-10(21-8)12(16,17)18/h2,4-5,7-9,20H,3H2,1H3/q-1/b5-4-. The van der Waals surface area contributed by atoms with Crippen molar-refractivity contribution in [2.24, 2.45) is 4.99 Å². The van der Waals surface area contributed by atoms with Crippen molar-refractivity contribution in [3.05, 3.63) is 24.0 Å². The summed E-state index contributed by atoms with van der Waals surface area (Å²) in [5, 5.41) is 3.16. The van der Waals surface area contributed by atoms with Gasteiger partial charge in [-0.2, -0.15) is 0 Å². The second kappa shape index (κ2) is 7.73. The number of alkyl halides is 7. The Hall–Kier alpha value is 1.38. The number of hydrogen-bond donors (Lipinski definition) is 1. The molecular formula is C12H12Cl6IN2O-. The van der Waals surface area contributed by atoms with E-state index in [-0.39, 0.29) is 6.10 Å². The van der Waals surface area contributed by atoms with Crippen LogP contribution in [-0.4, -0.2) is 27.6 Å². The van der Waals surface area contributed by atoms with E-state index in [2.05, 4.69) is 10.3 Å². The molecule has 0 fully saturated rings. The number of halogens is 7. The van der Waals surface area contributed by atoms with E-state index in [1.165, 1.54) is 0 Å². The fraction of sp³-hybridized carbons (Fsp3) is 0.583. The maximum absolute atomic E-state index is 5.99. The van der Waals surface area contributed by atoms with Crippen LogP contribution in [0.2, 0.25) is 0 Å². The number of nitrogens with one attached hydrogen (secondary N) is 1. The normalized spacial score (nSPS) is 30.6.